The molecule has 5 aliphatic rings. The van der Waals surface area contributed by atoms with Gasteiger partial charge in [-0.2, -0.15) is 4.98 Å². The van der Waals surface area contributed by atoms with Gasteiger partial charge in [-0.15, -0.1) is 11.8 Å². The van der Waals surface area contributed by atoms with E-state index in [0.717, 1.165) is 80.7 Å². The van der Waals surface area contributed by atoms with Crippen LogP contribution in [0.25, 0.3) is 0 Å². The van der Waals surface area contributed by atoms with Crippen molar-refractivity contribution in [2.24, 2.45) is 22.7 Å². The van der Waals surface area contributed by atoms with Crippen LogP contribution in [-0.2, 0) is 16.0 Å². The summed E-state index contributed by atoms with van der Waals surface area (Å²) in [7, 11) is 0. The third kappa shape index (κ3) is 5.66. The highest BCUT2D eigenvalue weighted by atomic mass is 35.5. The monoisotopic (exact) mass is 603 g/mol. The summed E-state index contributed by atoms with van der Waals surface area (Å²) in [6, 6.07) is 5.94. The maximum atomic E-state index is 13.2. The first kappa shape index (κ1) is 27.5. The Labute approximate surface area is 254 Å². The molecule has 0 spiro atoms. The van der Waals surface area contributed by atoms with E-state index in [1.807, 2.05) is 29.4 Å². The standard InChI is InChI=1S/C31H34ClN7O2S/c32-25-18-34-30-36-24-12-20(16-33-17-24)3-4-21-14-23(35-28(25)38-30)5-6-26(21)37-27(40)13-19-7-9-39(10-8-19)29(41)31-15-22(31)2-1-11-42-31/h1,5-6,11,14,16-20,22H,2-4,7-10,12-13,15H2,(H,37,40)(H2,34,35,36,38). The average molecular weight is 604 g/mol. The maximum Gasteiger partial charge on any atom is 0.239 e. The van der Waals surface area contributed by atoms with Gasteiger partial charge in [-0.05, 0) is 86.0 Å². The number of nitrogens with zero attached hydrogens (tertiary/aromatic N) is 4. The lowest BCUT2D eigenvalue weighted by atomic mass is 9.92. The van der Waals surface area contributed by atoms with Gasteiger partial charge in [-0.1, -0.05) is 17.7 Å². The number of aromatic nitrogens is 2. The Morgan fingerprint density at radius 2 is 2.07 bits per heavy atom. The highest BCUT2D eigenvalue weighted by Crippen LogP contribution is 2.60. The minimum Gasteiger partial charge on any atom is -0.341 e. The summed E-state index contributed by atoms with van der Waals surface area (Å²) in [5.41, 5.74) is 3.66. The lowest BCUT2D eigenvalue weighted by Gasteiger charge is -2.34. The fourth-order valence-electron chi connectivity index (χ4n) is 6.54. The zero-order valence-electron chi connectivity index (χ0n) is 23.3. The second-order valence-corrected chi connectivity index (χ2v) is 13.6. The molecule has 1 saturated carbocycles. The summed E-state index contributed by atoms with van der Waals surface area (Å²) in [4.78, 5) is 41.8. The van der Waals surface area contributed by atoms with E-state index in [4.69, 9.17) is 11.6 Å². The zero-order chi connectivity index (χ0) is 28.7. The van der Waals surface area contributed by atoms with Crippen LogP contribution in [0.3, 0.4) is 0 Å². The summed E-state index contributed by atoms with van der Waals surface area (Å²) in [6.07, 6.45) is 14.2. The molecule has 2 fully saturated rings. The molecule has 3 unspecified atom stereocenters. The molecule has 218 valence electrons. The fraction of sp³-hybridized carbons (Fsp3) is 0.452. The van der Waals surface area contributed by atoms with Crippen LogP contribution in [0.5, 0.6) is 0 Å². The predicted octanol–water partition coefficient (Wildman–Crippen LogP) is 6.14. The number of carbonyl (C=O) groups is 2. The molecule has 42 heavy (non-hydrogen) atoms. The van der Waals surface area contributed by atoms with Crippen LogP contribution < -0.4 is 16.0 Å². The number of rotatable bonds is 4. The van der Waals surface area contributed by atoms with Gasteiger partial charge in [0.2, 0.25) is 17.8 Å². The first-order chi connectivity index (χ1) is 20.4. The third-order valence-corrected chi connectivity index (χ3v) is 10.7. The van der Waals surface area contributed by atoms with Crippen LogP contribution >= 0.6 is 23.4 Å². The Morgan fingerprint density at radius 1 is 1.19 bits per heavy atom. The molecule has 5 heterocycles. The first-order valence-electron chi connectivity index (χ1n) is 14.8. The number of carbonyl (C=O) groups excluding carboxylic acids is 2. The number of fused-ring (bicyclic) bond motifs is 7. The molecule has 9 nitrogen and oxygen atoms in total. The van der Waals surface area contributed by atoms with Crippen LogP contribution in [0.4, 0.5) is 23.1 Å². The van der Waals surface area contributed by atoms with Crippen LogP contribution in [-0.4, -0.2) is 50.7 Å². The number of halogens is 1. The minimum atomic E-state index is -0.201. The number of anilines is 4. The molecule has 1 saturated heterocycles. The van der Waals surface area contributed by atoms with Crippen molar-refractivity contribution in [3.63, 3.8) is 0 Å². The van der Waals surface area contributed by atoms with Crippen molar-refractivity contribution >= 4 is 64.5 Å². The molecule has 3 N–H and O–H groups in total. The Bertz CT molecular complexity index is 1500. The number of amides is 2. The van der Waals surface area contributed by atoms with E-state index in [9.17, 15) is 9.59 Å². The summed E-state index contributed by atoms with van der Waals surface area (Å²) < 4.78 is -0.201. The van der Waals surface area contributed by atoms with Crippen molar-refractivity contribution < 1.29 is 9.59 Å². The number of piperidine rings is 1. The molecule has 1 aromatic carbocycles. The van der Waals surface area contributed by atoms with E-state index in [-0.39, 0.29) is 22.5 Å². The van der Waals surface area contributed by atoms with Crippen molar-refractivity contribution in [3.8, 4) is 0 Å². The smallest absolute Gasteiger partial charge is 0.239 e. The molecule has 1 aliphatic carbocycles. The Balaban J connectivity index is 1.01. The van der Waals surface area contributed by atoms with Gasteiger partial charge >= 0.3 is 0 Å². The minimum absolute atomic E-state index is 0.0191. The molecule has 2 aromatic rings. The van der Waals surface area contributed by atoms with Gasteiger partial charge in [-0.3, -0.25) is 14.6 Å². The SMILES string of the molecule is O=C(CC1CCN(C(=O)C23CC2CC=CS3)CC1)Nc1ccc2cc1CCC1C=NC=C(C1)Nc1ncc(Cl)c(n1)N2. The molecular formula is C31H34ClN7O2S. The third-order valence-electron chi connectivity index (χ3n) is 9.03. The number of nitrogens with one attached hydrogen (secondary N) is 3. The van der Waals surface area contributed by atoms with Gasteiger partial charge in [0, 0.05) is 54.9 Å². The van der Waals surface area contributed by atoms with Crippen molar-refractivity contribution in [2.75, 3.05) is 29.0 Å². The number of aliphatic imine (C=N–C) groups is 1. The number of thioether (sulfide) groups is 1. The maximum absolute atomic E-state index is 13.2. The van der Waals surface area contributed by atoms with Crippen LogP contribution in [0.2, 0.25) is 5.02 Å². The lowest BCUT2D eigenvalue weighted by molar-refractivity contribution is -0.133. The molecule has 7 rings (SSSR count). The largest absolute Gasteiger partial charge is 0.341 e. The zero-order valence-corrected chi connectivity index (χ0v) is 24.9. The van der Waals surface area contributed by atoms with E-state index in [2.05, 4.69) is 48.5 Å². The lowest BCUT2D eigenvalue weighted by Crippen LogP contribution is -2.45. The number of likely N-dealkylation sites (tertiary alicyclic amines) is 1. The number of hydrogen-bond acceptors (Lipinski definition) is 8. The number of aryl methyl sites for hydroxylation is 1. The van der Waals surface area contributed by atoms with Crippen molar-refractivity contribution in [1.82, 2.24) is 14.9 Å². The Kier molecular flexibility index (Phi) is 7.44. The molecular weight excluding hydrogens is 570 g/mol. The second kappa shape index (κ2) is 11.4. The topological polar surface area (TPSA) is 112 Å². The van der Waals surface area contributed by atoms with Crippen molar-refractivity contribution in [2.45, 2.75) is 56.1 Å². The molecule has 2 amide bonds. The van der Waals surface area contributed by atoms with Gasteiger partial charge in [0.25, 0.3) is 0 Å². The van der Waals surface area contributed by atoms with E-state index in [1.54, 1.807) is 18.0 Å². The molecule has 6 bridgehead atoms. The number of allylic oxidation sites excluding steroid dienone is 2. The van der Waals surface area contributed by atoms with Crippen LogP contribution in [0.15, 0.2) is 52.8 Å². The summed E-state index contributed by atoms with van der Waals surface area (Å²) in [5.74, 6) is 2.33. The van der Waals surface area contributed by atoms with E-state index < -0.39 is 0 Å². The van der Waals surface area contributed by atoms with Gasteiger partial charge in [-0.25, -0.2) is 4.98 Å². The van der Waals surface area contributed by atoms with Gasteiger partial charge in [0.05, 0.1) is 6.20 Å². The molecule has 3 atom stereocenters. The quantitative estimate of drug-likeness (QED) is 0.385. The van der Waals surface area contributed by atoms with E-state index in [0.29, 0.717) is 35.0 Å². The normalized spacial score (nSPS) is 26.3. The van der Waals surface area contributed by atoms with Crippen molar-refractivity contribution in [1.29, 1.82) is 0 Å². The van der Waals surface area contributed by atoms with Crippen LogP contribution in [0, 0.1) is 17.8 Å². The Morgan fingerprint density at radius 3 is 2.93 bits per heavy atom. The molecule has 11 heteroatoms. The van der Waals surface area contributed by atoms with Crippen LogP contribution in [0.1, 0.15) is 50.5 Å². The number of hydrogen-bond donors (Lipinski definition) is 3. The summed E-state index contributed by atoms with van der Waals surface area (Å²) in [5, 5.41) is 12.3. The highest BCUT2D eigenvalue weighted by Gasteiger charge is 2.61. The summed E-state index contributed by atoms with van der Waals surface area (Å²) >= 11 is 8.11. The van der Waals surface area contributed by atoms with Gasteiger partial charge in [0.15, 0.2) is 5.82 Å². The van der Waals surface area contributed by atoms with E-state index in [1.165, 1.54) is 0 Å². The molecule has 4 aliphatic heterocycles. The van der Waals surface area contributed by atoms with Gasteiger partial charge in [0.1, 0.15) is 9.77 Å². The Hall–Kier alpha value is -3.37. The molecule has 1 aromatic heterocycles. The van der Waals surface area contributed by atoms with Gasteiger partial charge < -0.3 is 20.9 Å². The second-order valence-electron chi connectivity index (χ2n) is 12.0. The molecule has 0 radical (unpaired) electrons. The highest BCUT2D eigenvalue weighted by molar-refractivity contribution is 8.04. The number of benzene rings is 1. The average Bonchev–Trinajstić information content (AvgIpc) is 3.75. The predicted molar refractivity (Wildman–Crippen MR) is 168 cm³/mol. The summed E-state index contributed by atoms with van der Waals surface area (Å²) in [6.45, 7) is 1.48. The van der Waals surface area contributed by atoms with Crippen molar-refractivity contribution in [3.05, 3.63) is 58.4 Å². The van der Waals surface area contributed by atoms with E-state index >= 15 is 0 Å². The fourth-order valence-corrected chi connectivity index (χ4v) is 7.94. The first-order valence-corrected chi connectivity index (χ1v) is 16.0.